The number of carboxylic acids is 1. The van der Waals surface area contributed by atoms with Gasteiger partial charge in [0.2, 0.25) is 0 Å². The number of hydrogen-bond acceptors (Lipinski definition) is 4. The molecule has 1 aliphatic heterocycles. The normalized spacial score (nSPS) is 17.6. The third kappa shape index (κ3) is 4.42. The molecule has 1 aromatic heterocycles. The largest absolute Gasteiger partial charge is 0.478 e. The molecule has 11 heteroatoms. The van der Waals surface area contributed by atoms with E-state index in [1.807, 2.05) is 17.6 Å². The molecule has 0 saturated heterocycles. The standard InChI is InChI=1S/C26H25ClFN5O4/c1-15-12-32-14-29-22(21(32)13-33(15)25(37)30-18-6-7-20(28)19(27)11-18)23(34)31(2)26(8-9-26)17-5-3-4-16(10-17)24(35)36/h3-7,10-11,14-15H,8-9,12-13H2,1-2H3,(H,30,37)(H,35,36)/t15-/m0/s1. The molecule has 1 saturated carbocycles. The third-order valence-corrected chi connectivity index (χ3v) is 7.50. The lowest BCUT2D eigenvalue weighted by atomic mass is 10.00. The smallest absolute Gasteiger partial charge is 0.335 e. The number of amides is 3. The minimum absolute atomic E-state index is 0.0959. The summed E-state index contributed by atoms with van der Waals surface area (Å²) in [6.45, 7) is 2.49. The van der Waals surface area contributed by atoms with Crippen LogP contribution in [0, 0.1) is 5.82 Å². The Kier molecular flexibility index (Phi) is 6.15. The van der Waals surface area contributed by atoms with Gasteiger partial charge in [-0.25, -0.2) is 19.0 Å². The van der Waals surface area contributed by atoms with Crippen molar-refractivity contribution in [3.63, 3.8) is 0 Å². The molecule has 3 aromatic rings. The predicted octanol–water partition coefficient (Wildman–Crippen LogP) is 4.57. The van der Waals surface area contributed by atoms with Crippen molar-refractivity contribution in [2.75, 3.05) is 12.4 Å². The van der Waals surface area contributed by atoms with Gasteiger partial charge in [0.05, 0.1) is 34.7 Å². The highest BCUT2D eigenvalue weighted by Crippen LogP contribution is 2.51. The molecule has 1 fully saturated rings. The average Bonchev–Trinajstić information content (AvgIpc) is 3.59. The first-order valence-corrected chi connectivity index (χ1v) is 12.2. The molecular formula is C26H25ClFN5O4. The van der Waals surface area contributed by atoms with E-state index in [0.717, 1.165) is 5.56 Å². The van der Waals surface area contributed by atoms with E-state index >= 15 is 0 Å². The van der Waals surface area contributed by atoms with Gasteiger partial charge in [-0.3, -0.25) is 4.79 Å². The molecule has 1 aliphatic carbocycles. The SMILES string of the molecule is C[C@H]1Cn2cnc(C(=O)N(C)C3(c4cccc(C(=O)O)c4)CC3)c2CN1C(=O)Nc1ccc(F)c(Cl)c1. The molecule has 2 N–H and O–H groups in total. The summed E-state index contributed by atoms with van der Waals surface area (Å²) >= 11 is 5.84. The number of carbonyl (C=O) groups excluding carboxylic acids is 2. The zero-order chi connectivity index (χ0) is 26.5. The molecule has 2 heterocycles. The van der Waals surface area contributed by atoms with Crippen molar-refractivity contribution in [2.45, 2.75) is 44.4 Å². The second-order valence-electron chi connectivity index (χ2n) is 9.51. The number of carboxylic acid groups (broad SMARTS) is 1. The monoisotopic (exact) mass is 525 g/mol. The van der Waals surface area contributed by atoms with Crippen molar-refractivity contribution in [1.82, 2.24) is 19.4 Å². The van der Waals surface area contributed by atoms with Gasteiger partial charge in [-0.15, -0.1) is 0 Å². The van der Waals surface area contributed by atoms with Gasteiger partial charge in [-0.05, 0) is 55.7 Å². The van der Waals surface area contributed by atoms with Crippen LogP contribution in [0.3, 0.4) is 0 Å². The maximum Gasteiger partial charge on any atom is 0.335 e. The summed E-state index contributed by atoms with van der Waals surface area (Å²) in [4.78, 5) is 45.8. The zero-order valence-electron chi connectivity index (χ0n) is 20.2. The maximum absolute atomic E-state index is 13.6. The van der Waals surface area contributed by atoms with E-state index in [1.54, 1.807) is 35.3 Å². The maximum atomic E-state index is 13.6. The van der Waals surface area contributed by atoms with Gasteiger partial charge in [-0.1, -0.05) is 23.7 Å². The lowest BCUT2D eigenvalue weighted by Gasteiger charge is -2.35. The van der Waals surface area contributed by atoms with Crippen LogP contribution in [0.2, 0.25) is 5.02 Å². The van der Waals surface area contributed by atoms with Crippen molar-refractivity contribution in [1.29, 1.82) is 0 Å². The topological polar surface area (TPSA) is 108 Å². The molecule has 0 unspecified atom stereocenters. The fourth-order valence-electron chi connectivity index (χ4n) is 4.88. The predicted molar refractivity (Wildman–Crippen MR) is 134 cm³/mol. The number of nitrogens with zero attached hydrogens (tertiary/aromatic N) is 4. The van der Waals surface area contributed by atoms with Crippen molar-refractivity contribution >= 4 is 35.2 Å². The van der Waals surface area contributed by atoms with Gasteiger partial charge in [0.1, 0.15) is 5.82 Å². The summed E-state index contributed by atoms with van der Waals surface area (Å²) in [7, 11) is 1.70. The minimum Gasteiger partial charge on any atom is -0.478 e. The summed E-state index contributed by atoms with van der Waals surface area (Å²) in [5, 5.41) is 12.0. The first-order valence-electron chi connectivity index (χ1n) is 11.8. The molecule has 9 nitrogen and oxygen atoms in total. The van der Waals surface area contributed by atoms with Gasteiger partial charge < -0.3 is 24.8 Å². The van der Waals surface area contributed by atoms with Gasteiger partial charge in [0.25, 0.3) is 5.91 Å². The number of halogens is 2. The fraction of sp³-hybridized carbons (Fsp3) is 0.308. The van der Waals surface area contributed by atoms with Crippen LogP contribution in [-0.2, 0) is 18.6 Å². The molecule has 192 valence electrons. The van der Waals surface area contributed by atoms with Gasteiger partial charge in [0.15, 0.2) is 5.69 Å². The molecule has 5 rings (SSSR count). The number of imidazole rings is 1. The highest BCUT2D eigenvalue weighted by molar-refractivity contribution is 6.31. The van der Waals surface area contributed by atoms with E-state index in [0.29, 0.717) is 30.8 Å². The Balaban J connectivity index is 1.37. The molecule has 3 amide bonds. The third-order valence-electron chi connectivity index (χ3n) is 7.21. The number of aromatic carboxylic acids is 1. The molecule has 2 aromatic carbocycles. The number of hydrogen-bond donors (Lipinski definition) is 2. The van der Waals surface area contributed by atoms with Crippen LogP contribution >= 0.6 is 11.6 Å². The Hall–Kier alpha value is -3.92. The summed E-state index contributed by atoms with van der Waals surface area (Å²) in [5.74, 6) is -1.90. The van der Waals surface area contributed by atoms with Crippen molar-refractivity contribution in [3.8, 4) is 0 Å². The summed E-state index contributed by atoms with van der Waals surface area (Å²) in [5.41, 5.74) is 1.55. The average molecular weight is 526 g/mol. The highest BCUT2D eigenvalue weighted by Gasteiger charge is 2.51. The van der Waals surface area contributed by atoms with E-state index in [-0.39, 0.29) is 34.8 Å². The number of nitrogens with one attached hydrogen (secondary N) is 1. The quantitative estimate of drug-likeness (QED) is 0.507. The summed E-state index contributed by atoms with van der Waals surface area (Å²) < 4.78 is 15.4. The first-order chi connectivity index (χ1) is 17.6. The first kappa shape index (κ1) is 24.8. The lowest BCUT2D eigenvalue weighted by molar-refractivity contribution is 0.0694. The number of anilines is 1. The van der Waals surface area contributed by atoms with Crippen LogP contribution in [0.25, 0.3) is 0 Å². The zero-order valence-corrected chi connectivity index (χ0v) is 21.0. The van der Waals surface area contributed by atoms with Gasteiger partial charge >= 0.3 is 12.0 Å². The Morgan fingerprint density at radius 2 is 1.97 bits per heavy atom. The van der Waals surface area contributed by atoms with Crippen LogP contribution in [0.15, 0.2) is 48.8 Å². The Morgan fingerprint density at radius 1 is 1.22 bits per heavy atom. The van der Waals surface area contributed by atoms with Crippen molar-refractivity contribution in [3.05, 3.63) is 82.1 Å². The number of benzene rings is 2. The van der Waals surface area contributed by atoms with Crippen LogP contribution in [0.1, 0.15) is 51.9 Å². The van der Waals surface area contributed by atoms with Crippen LogP contribution < -0.4 is 5.32 Å². The molecule has 1 atom stereocenters. The molecule has 0 radical (unpaired) electrons. The van der Waals surface area contributed by atoms with E-state index < -0.39 is 23.4 Å². The Bertz CT molecular complexity index is 1420. The Morgan fingerprint density at radius 3 is 2.65 bits per heavy atom. The number of urea groups is 1. The number of carbonyl (C=O) groups is 3. The van der Waals surface area contributed by atoms with E-state index in [2.05, 4.69) is 10.3 Å². The summed E-state index contributed by atoms with van der Waals surface area (Å²) in [6.07, 6.45) is 3.02. The number of rotatable bonds is 5. The highest BCUT2D eigenvalue weighted by atomic mass is 35.5. The van der Waals surface area contributed by atoms with Gasteiger partial charge in [-0.2, -0.15) is 0 Å². The number of aromatic nitrogens is 2. The second kappa shape index (κ2) is 9.19. The van der Waals surface area contributed by atoms with Crippen LogP contribution in [-0.4, -0.2) is 55.5 Å². The molecule has 2 aliphatic rings. The van der Waals surface area contributed by atoms with Gasteiger partial charge in [0, 0.05) is 25.3 Å². The van der Waals surface area contributed by atoms with Crippen LogP contribution in [0.5, 0.6) is 0 Å². The van der Waals surface area contributed by atoms with E-state index in [4.69, 9.17) is 11.6 Å². The Labute approximate surface area is 217 Å². The molecule has 0 bridgehead atoms. The molecular weight excluding hydrogens is 501 g/mol. The van der Waals surface area contributed by atoms with Crippen LogP contribution in [0.4, 0.5) is 14.9 Å². The van der Waals surface area contributed by atoms with E-state index in [9.17, 15) is 23.9 Å². The fourth-order valence-corrected chi connectivity index (χ4v) is 5.06. The molecule has 0 spiro atoms. The lowest BCUT2D eigenvalue weighted by Crippen LogP contribution is -2.47. The second-order valence-corrected chi connectivity index (χ2v) is 9.92. The van der Waals surface area contributed by atoms with E-state index in [1.165, 1.54) is 24.3 Å². The van der Waals surface area contributed by atoms with Crippen molar-refractivity contribution in [2.24, 2.45) is 0 Å². The minimum atomic E-state index is -1.02. The van der Waals surface area contributed by atoms with Crippen molar-refractivity contribution < 1.29 is 23.9 Å². The number of fused-ring (bicyclic) bond motifs is 1. The molecule has 37 heavy (non-hydrogen) atoms. The summed E-state index contributed by atoms with van der Waals surface area (Å²) in [6, 6.07) is 10.0.